The highest BCUT2D eigenvalue weighted by Crippen LogP contribution is 2.38. The van der Waals surface area contributed by atoms with Gasteiger partial charge in [0.2, 0.25) is 11.8 Å². The third-order valence-corrected chi connectivity index (χ3v) is 8.98. The number of rotatable bonds is 5. The SMILES string of the molecule is O=C1CCC(N2Cc3cc(C4CCN(Cc5ccc6ncn(-c7ncccc7F)c(=O)c6c5)CC4)ccc3C2O)C(=O)N1. The van der Waals surface area contributed by atoms with Crippen molar-refractivity contribution in [3.05, 3.63) is 99.5 Å². The highest BCUT2D eigenvalue weighted by Gasteiger charge is 2.40. The number of halogens is 1. The zero-order chi connectivity index (χ0) is 29.7. The monoisotopic (exact) mass is 582 g/mol. The average Bonchev–Trinajstić information content (AvgIpc) is 3.33. The average molecular weight is 583 g/mol. The van der Waals surface area contributed by atoms with Gasteiger partial charge >= 0.3 is 0 Å². The first-order chi connectivity index (χ1) is 20.9. The molecule has 220 valence electrons. The van der Waals surface area contributed by atoms with E-state index < -0.39 is 18.1 Å². The minimum atomic E-state index is -0.862. The Morgan fingerprint density at radius 2 is 1.84 bits per heavy atom. The van der Waals surface area contributed by atoms with E-state index in [2.05, 4.69) is 32.3 Å². The number of benzene rings is 2. The number of fused-ring (bicyclic) bond motifs is 2. The van der Waals surface area contributed by atoms with Gasteiger partial charge in [0, 0.05) is 25.7 Å². The van der Waals surface area contributed by atoms with E-state index in [-0.39, 0.29) is 29.6 Å². The van der Waals surface area contributed by atoms with Crippen molar-refractivity contribution in [3.8, 4) is 5.82 Å². The number of likely N-dealkylation sites (tertiary alicyclic amines) is 1. The van der Waals surface area contributed by atoms with Crippen LogP contribution in [0.15, 0.2) is 65.8 Å². The van der Waals surface area contributed by atoms with Gasteiger partial charge in [-0.15, -0.1) is 0 Å². The standard InChI is InChI=1S/C32H31FN6O4/c33-25-2-1-11-34-29(25)39-18-35-26-6-3-19(14-24(26)32(39)43)16-37-12-9-20(10-13-37)21-4-5-23-22(15-21)17-38(31(23)42)27-7-8-28(40)36-30(27)41/h1-6,11,14-15,18,20,27,31,42H,7-10,12-13,16-17H2,(H,36,40,41). The second kappa shape index (κ2) is 11.1. The van der Waals surface area contributed by atoms with Gasteiger partial charge in [-0.1, -0.05) is 24.3 Å². The van der Waals surface area contributed by atoms with E-state index in [0.29, 0.717) is 36.3 Å². The number of pyridine rings is 1. The molecule has 43 heavy (non-hydrogen) atoms. The van der Waals surface area contributed by atoms with Crippen molar-refractivity contribution < 1.29 is 19.1 Å². The van der Waals surface area contributed by atoms with Gasteiger partial charge in [-0.3, -0.25) is 29.5 Å². The van der Waals surface area contributed by atoms with Crippen molar-refractivity contribution in [2.24, 2.45) is 0 Å². The number of amides is 2. The third-order valence-electron chi connectivity index (χ3n) is 8.98. The molecule has 2 amide bonds. The fourth-order valence-corrected chi connectivity index (χ4v) is 6.67. The molecule has 0 aliphatic carbocycles. The molecule has 2 aromatic carbocycles. The van der Waals surface area contributed by atoms with Crippen molar-refractivity contribution in [2.75, 3.05) is 13.1 Å². The molecule has 2 aromatic heterocycles. The van der Waals surface area contributed by atoms with Crippen LogP contribution in [0.25, 0.3) is 16.7 Å². The summed E-state index contributed by atoms with van der Waals surface area (Å²) in [5.74, 6) is -0.884. The second-order valence-electron chi connectivity index (χ2n) is 11.6. The first kappa shape index (κ1) is 27.5. The van der Waals surface area contributed by atoms with Gasteiger partial charge in [0.1, 0.15) is 12.6 Å². The van der Waals surface area contributed by atoms with Crippen molar-refractivity contribution in [3.63, 3.8) is 0 Å². The normalized spacial score (nSPS) is 21.7. The van der Waals surface area contributed by atoms with E-state index in [1.165, 1.54) is 30.2 Å². The molecule has 11 heteroatoms. The number of imide groups is 1. The molecule has 0 bridgehead atoms. The molecule has 3 aliphatic heterocycles. The van der Waals surface area contributed by atoms with Gasteiger partial charge in [0.05, 0.1) is 16.9 Å². The Bertz CT molecular complexity index is 1800. The highest BCUT2D eigenvalue weighted by atomic mass is 19.1. The van der Waals surface area contributed by atoms with Crippen LogP contribution >= 0.6 is 0 Å². The molecule has 2 atom stereocenters. The van der Waals surface area contributed by atoms with Crippen molar-refractivity contribution in [1.29, 1.82) is 0 Å². The molecule has 0 saturated carbocycles. The minimum Gasteiger partial charge on any atom is -0.374 e. The number of aromatic nitrogens is 3. The maximum absolute atomic E-state index is 14.3. The molecular formula is C32H31FN6O4. The molecular weight excluding hydrogens is 551 g/mol. The van der Waals surface area contributed by atoms with Gasteiger partial charge in [-0.25, -0.2) is 18.9 Å². The Morgan fingerprint density at radius 1 is 1.00 bits per heavy atom. The highest BCUT2D eigenvalue weighted by molar-refractivity contribution is 6.00. The quantitative estimate of drug-likeness (QED) is 0.345. The topological polar surface area (TPSA) is 121 Å². The number of nitrogens with zero attached hydrogens (tertiary/aromatic N) is 5. The first-order valence-electron chi connectivity index (χ1n) is 14.6. The van der Waals surface area contributed by atoms with E-state index in [9.17, 15) is 23.9 Å². The maximum Gasteiger partial charge on any atom is 0.267 e. The van der Waals surface area contributed by atoms with Crippen LogP contribution in [0, 0.1) is 5.82 Å². The largest absolute Gasteiger partial charge is 0.374 e. The van der Waals surface area contributed by atoms with Crippen LogP contribution in [0.4, 0.5) is 4.39 Å². The number of hydrogen-bond donors (Lipinski definition) is 2. The number of piperidine rings is 2. The minimum absolute atomic E-state index is 0.0703. The van der Waals surface area contributed by atoms with Gasteiger partial charge in [0.15, 0.2) is 11.6 Å². The van der Waals surface area contributed by atoms with Crippen LogP contribution < -0.4 is 10.9 Å². The van der Waals surface area contributed by atoms with Crippen LogP contribution in [0.5, 0.6) is 0 Å². The van der Waals surface area contributed by atoms with Crippen molar-refractivity contribution >= 4 is 22.7 Å². The summed E-state index contributed by atoms with van der Waals surface area (Å²) >= 11 is 0. The van der Waals surface area contributed by atoms with Crippen LogP contribution in [0.3, 0.4) is 0 Å². The summed E-state index contributed by atoms with van der Waals surface area (Å²) in [6.45, 7) is 2.94. The number of aliphatic hydroxyl groups excluding tert-OH is 1. The van der Waals surface area contributed by atoms with E-state index in [1.54, 1.807) is 4.90 Å². The van der Waals surface area contributed by atoms with Crippen LogP contribution in [-0.2, 0) is 22.7 Å². The summed E-state index contributed by atoms with van der Waals surface area (Å²) in [5.41, 5.74) is 4.26. The van der Waals surface area contributed by atoms with Crippen molar-refractivity contribution in [1.82, 2.24) is 29.7 Å². The Balaban J connectivity index is 1.02. The van der Waals surface area contributed by atoms with Crippen molar-refractivity contribution in [2.45, 2.75) is 57.0 Å². The van der Waals surface area contributed by atoms with Gasteiger partial charge < -0.3 is 5.11 Å². The zero-order valence-corrected chi connectivity index (χ0v) is 23.4. The lowest BCUT2D eigenvalue weighted by Gasteiger charge is -2.32. The fourth-order valence-electron chi connectivity index (χ4n) is 6.67. The fraction of sp³-hybridized carbons (Fsp3) is 0.344. The second-order valence-corrected chi connectivity index (χ2v) is 11.6. The molecule has 2 N–H and O–H groups in total. The van der Waals surface area contributed by atoms with Crippen LogP contribution in [-0.4, -0.2) is 60.4 Å². The number of hydrogen-bond acceptors (Lipinski definition) is 8. The molecule has 2 unspecified atom stereocenters. The predicted octanol–water partition coefficient (Wildman–Crippen LogP) is 2.91. The lowest BCUT2D eigenvalue weighted by Crippen LogP contribution is -2.51. The van der Waals surface area contributed by atoms with E-state index in [4.69, 9.17) is 0 Å². The number of carbonyl (C=O) groups excluding carboxylic acids is 2. The summed E-state index contributed by atoms with van der Waals surface area (Å²) in [6, 6.07) is 14.1. The molecule has 0 radical (unpaired) electrons. The van der Waals surface area contributed by atoms with Crippen LogP contribution in [0.1, 0.15) is 60.1 Å². The summed E-state index contributed by atoms with van der Waals surface area (Å²) in [7, 11) is 0. The lowest BCUT2D eigenvalue weighted by molar-refractivity contribution is -0.141. The van der Waals surface area contributed by atoms with E-state index in [1.807, 2.05) is 24.3 Å². The van der Waals surface area contributed by atoms with E-state index in [0.717, 1.165) is 47.2 Å². The number of nitrogens with one attached hydrogen (secondary N) is 1. The zero-order valence-electron chi connectivity index (χ0n) is 23.4. The number of carbonyl (C=O) groups is 2. The Morgan fingerprint density at radius 3 is 2.63 bits per heavy atom. The van der Waals surface area contributed by atoms with Gasteiger partial charge in [-0.05, 0) is 84.8 Å². The third kappa shape index (κ3) is 5.13. The molecule has 2 fully saturated rings. The molecule has 4 aromatic rings. The smallest absolute Gasteiger partial charge is 0.267 e. The predicted molar refractivity (Wildman–Crippen MR) is 155 cm³/mol. The van der Waals surface area contributed by atoms with Crippen LogP contribution in [0.2, 0.25) is 0 Å². The Labute approximate surface area is 246 Å². The number of aliphatic hydroxyl groups is 1. The molecule has 10 nitrogen and oxygen atoms in total. The molecule has 7 rings (SSSR count). The summed E-state index contributed by atoms with van der Waals surface area (Å²) in [4.78, 5) is 49.7. The Hall–Kier alpha value is -4.32. The Kier molecular flexibility index (Phi) is 7.08. The summed E-state index contributed by atoms with van der Waals surface area (Å²) in [6.07, 6.45) is 4.52. The lowest BCUT2D eigenvalue weighted by atomic mass is 9.87. The molecule has 5 heterocycles. The first-order valence-corrected chi connectivity index (χ1v) is 14.6. The summed E-state index contributed by atoms with van der Waals surface area (Å²) in [5, 5.41) is 13.7. The molecule has 2 saturated heterocycles. The summed E-state index contributed by atoms with van der Waals surface area (Å²) < 4.78 is 15.5. The van der Waals surface area contributed by atoms with E-state index >= 15 is 0 Å². The molecule has 0 spiro atoms. The van der Waals surface area contributed by atoms with Gasteiger partial charge in [-0.2, -0.15) is 0 Å². The maximum atomic E-state index is 14.3. The van der Waals surface area contributed by atoms with Gasteiger partial charge in [0.25, 0.3) is 5.56 Å². The molecule has 3 aliphatic rings.